The van der Waals surface area contributed by atoms with E-state index in [-0.39, 0.29) is 12.0 Å². The fourth-order valence-corrected chi connectivity index (χ4v) is 3.07. The zero-order valence-electron chi connectivity index (χ0n) is 14.1. The van der Waals surface area contributed by atoms with Gasteiger partial charge in [-0.25, -0.2) is 4.79 Å². The summed E-state index contributed by atoms with van der Waals surface area (Å²) in [7, 11) is 0. The molecule has 1 saturated carbocycles. The van der Waals surface area contributed by atoms with Crippen molar-refractivity contribution in [2.45, 2.75) is 45.6 Å². The van der Waals surface area contributed by atoms with E-state index in [1.165, 1.54) is 0 Å². The van der Waals surface area contributed by atoms with Crippen LogP contribution in [0, 0.1) is 11.3 Å². The number of ether oxygens (including phenoxy) is 1. The van der Waals surface area contributed by atoms with Crippen molar-refractivity contribution in [3.8, 4) is 0 Å². The van der Waals surface area contributed by atoms with E-state index in [9.17, 15) is 9.90 Å². The Morgan fingerprint density at radius 1 is 1.35 bits per heavy atom. The number of benzene rings is 1. The molecule has 1 atom stereocenters. The van der Waals surface area contributed by atoms with Crippen LogP contribution in [0.25, 0.3) is 0 Å². The van der Waals surface area contributed by atoms with Gasteiger partial charge in [-0.05, 0) is 57.6 Å². The molecule has 0 aromatic heterocycles. The summed E-state index contributed by atoms with van der Waals surface area (Å²) in [4.78, 5) is 11.9. The monoisotopic (exact) mass is 339 g/mol. The minimum Gasteiger partial charge on any atom is -0.444 e. The molecule has 0 spiro atoms. The SMILES string of the molecule is CC(C)(C)OC(=O)NCC(CO)(Cc1ccccc1Cl)C1CC1. The first kappa shape index (κ1) is 18.1. The largest absolute Gasteiger partial charge is 0.444 e. The molecule has 0 aliphatic heterocycles. The van der Waals surface area contributed by atoms with Crippen molar-refractivity contribution in [1.82, 2.24) is 5.32 Å². The number of carbonyl (C=O) groups is 1. The fraction of sp³-hybridized carbons (Fsp3) is 0.611. The lowest BCUT2D eigenvalue weighted by Crippen LogP contribution is -2.44. The average molecular weight is 340 g/mol. The lowest BCUT2D eigenvalue weighted by molar-refractivity contribution is 0.0439. The van der Waals surface area contributed by atoms with E-state index in [4.69, 9.17) is 16.3 Å². The summed E-state index contributed by atoms with van der Waals surface area (Å²) in [5.41, 5.74) is 0.0806. The molecule has 1 aromatic carbocycles. The van der Waals surface area contributed by atoms with Crippen LogP contribution in [0.4, 0.5) is 4.79 Å². The molecule has 23 heavy (non-hydrogen) atoms. The van der Waals surface area contributed by atoms with Gasteiger partial charge in [0.2, 0.25) is 0 Å². The predicted molar refractivity (Wildman–Crippen MR) is 91.6 cm³/mol. The normalized spacial score (nSPS) is 17.4. The molecule has 0 heterocycles. The zero-order valence-corrected chi connectivity index (χ0v) is 14.8. The first-order chi connectivity index (χ1) is 10.8. The third-order valence-electron chi connectivity index (χ3n) is 4.24. The summed E-state index contributed by atoms with van der Waals surface area (Å²) in [6, 6.07) is 7.66. The maximum Gasteiger partial charge on any atom is 0.407 e. The highest BCUT2D eigenvalue weighted by Crippen LogP contribution is 2.47. The summed E-state index contributed by atoms with van der Waals surface area (Å²) in [6.07, 6.45) is 2.33. The van der Waals surface area contributed by atoms with Gasteiger partial charge in [0, 0.05) is 17.0 Å². The molecule has 2 rings (SSSR count). The van der Waals surface area contributed by atoms with Gasteiger partial charge >= 0.3 is 6.09 Å². The van der Waals surface area contributed by atoms with Crippen LogP contribution < -0.4 is 5.32 Å². The topological polar surface area (TPSA) is 58.6 Å². The van der Waals surface area contributed by atoms with Crippen molar-refractivity contribution in [2.75, 3.05) is 13.2 Å². The molecule has 0 radical (unpaired) electrons. The summed E-state index contributed by atoms with van der Waals surface area (Å²) in [5, 5.41) is 13.6. The smallest absolute Gasteiger partial charge is 0.407 e. The Kier molecular flexibility index (Phi) is 5.58. The molecule has 0 bridgehead atoms. The van der Waals surface area contributed by atoms with Gasteiger partial charge in [0.05, 0.1) is 6.61 Å². The van der Waals surface area contributed by atoms with Crippen LogP contribution in [0.15, 0.2) is 24.3 Å². The number of hydrogen-bond acceptors (Lipinski definition) is 3. The van der Waals surface area contributed by atoms with Gasteiger partial charge in [-0.2, -0.15) is 0 Å². The Hall–Kier alpha value is -1.26. The van der Waals surface area contributed by atoms with Gasteiger partial charge in [-0.3, -0.25) is 0 Å². The van der Waals surface area contributed by atoms with Crippen LogP contribution in [0.3, 0.4) is 0 Å². The number of amides is 1. The summed E-state index contributed by atoms with van der Waals surface area (Å²) < 4.78 is 5.29. The Bertz CT molecular complexity index is 551. The Morgan fingerprint density at radius 3 is 2.52 bits per heavy atom. The molecule has 1 aromatic rings. The first-order valence-corrected chi connectivity index (χ1v) is 8.45. The second-order valence-electron chi connectivity index (χ2n) is 7.42. The van der Waals surface area contributed by atoms with Gasteiger partial charge in [0.15, 0.2) is 0 Å². The molecule has 128 valence electrons. The van der Waals surface area contributed by atoms with Gasteiger partial charge in [-0.1, -0.05) is 29.8 Å². The fourth-order valence-electron chi connectivity index (χ4n) is 2.87. The maximum atomic E-state index is 11.9. The molecular weight excluding hydrogens is 314 g/mol. The number of hydrogen-bond donors (Lipinski definition) is 2. The number of carbonyl (C=O) groups excluding carboxylic acids is 1. The molecule has 1 amide bonds. The second kappa shape index (κ2) is 7.10. The minimum atomic E-state index is -0.533. The lowest BCUT2D eigenvalue weighted by atomic mass is 9.77. The minimum absolute atomic E-state index is 0.0126. The van der Waals surface area contributed by atoms with Crippen molar-refractivity contribution in [3.05, 3.63) is 34.9 Å². The Morgan fingerprint density at radius 2 is 2.00 bits per heavy atom. The number of aliphatic hydroxyl groups is 1. The summed E-state index contributed by atoms with van der Waals surface area (Å²) >= 11 is 6.27. The standard InChI is InChI=1S/C18H26ClNO3/c1-17(2,3)23-16(22)20-11-18(12-21,14-8-9-14)10-13-6-4-5-7-15(13)19/h4-7,14,21H,8-12H2,1-3H3,(H,20,22). The molecule has 1 aliphatic rings. The van der Waals surface area contributed by atoms with E-state index >= 15 is 0 Å². The molecule has 1 unspecified atom stereocenters. The zero-order chi connectivity index (χ0) is 17.1. The number of aliphatic hydroxyl groups excluding tert-OH is 1. The van der Waals surface area contributed by atoms with Gasteiger partial charge in [0.1, 0.15) is 5.60 Å². The van der Waals surface area contributed by atoms with E-state index in [0.29, 0.717) is 23.9 Å². The Balaban J connectivity index is 2.07. The molecule has 1 aliphatic carbocycles. The molecule has 0 saturated heterocycles. The molecule has 2 N–H and O–H groups in total. The van der Waals surface area contributed by atoms with Gasteiger partial charge in [0.25, 0.3) is 0 Å². The van der Waals surface area contributed by atoms with Gasteiger partial charge < -0.3 is 15.2 Å². The number of nitrogens with one attached hydrogen (secondary N) is 1. The third-order valence-corrected chi connectivity index (χ3v) is 4.61. The molecule has 4 nitrogen and oxygen atoms in total. The lowest BCUT2D eigenvalue weighted by Gasteiger charge is -2.33. The number of rotatable bonds is 6. The van der Waals surface area contributed by atoms with Crippen LogP contribution >= 0.6 is 11.6 Å². The molecule has 1 fully saturated rings. The van der Waals surface area contributed by atoms with Crippen LogP contribution in [0.1, 0.15) is 39.2 Å². The predicted octanol–water partition coefficient (Wildman–Crippen LogP) is 3.80. The quantitative estimate of drug-likeness (QED) is 0.828. The van der Waals surface area contributed by atoms with Crippen molar-refractivity contribution in [1.29, 1.82) is 0 Å². The van der Waals surface area contributed by atoms with Crippen molar-refractivity contribution >= 4 is 17.7 Å². The van der Waals surface area contributed by atoms with Crippen molar-refractivity contribution in [3.63, 3.8) is 0 Å². The van der Waals surface area contributed by atoms with Crippen molar-refractivity contribution < 1.29 is 14.6 Å². The number of halogens is 1. The van der Waals surface area contributed by atoms with Crippen LogP contribution in [-0.2, 0) is 11.2 Å². The third kappa shape index (κ3) is 5.11. The van der Waals surface area contributed by atoms with E-state index < -0.39 is 11.7 Å². The van der Waals surface area contributed by atoms with E-state index in [1.807, 2.05) is 45.0 Å². The average Bonchev–Trinajstić information content (AvgIpc) is 3.29. The number of alkyl carbamates (subject to hydrolysis) is 1. The van der Waals surface area contributed by atoms with Crippen LogP contribution in [-0.4, -0.2) is 30.0 Å². The Labute approximate surface area is 143 Å². The maximum absolute atomic E-state index is 11.9. The molecular formula is C18H26ClNO3. The second-order valence-corrected chi connectivity index (χ2v) is 7.83. The summed E-state index contributed by atoms with van der Waals surface area (Å²) in [5.74, 6) is 0.402. The highest BCUT2D eigenvalue weighted by Gasteiger charge is 2.45. The van der Waals surface area contributed by atoms with E-state index in [1.54, 1.807) is 0 Å². The van der Waals surface area contributed by atoms with Crippen LogP contribution in [0.5, 0.6) is 0 Å². The highest BCUT2D eigenvalue weighted by atomic mass is 35.5. The first-order valence-electron chi connectivity index (χ1n) is 8.07. The van der Waals surface area contributed by atoms with Crippen molar-refractivity contribution in [2.24, 2.45) is 11.3 Å². The highest BCUT2D eigenvalue weighted by molar-refractivity contribution is 6.31. The van der Waals surface area contributed by atoms with E-state index in [2.05, 4.69) is 5.32 Å². The summed E-state index contributed by atoms with van der Waals surface area (Å²) in [6.45, 7) is 5.89. The molecule has 5 heteroatoms. The van der Waals surface area contributed by atoms with Crippen LogP contribution in [0.2, 0.25) is 5.02 Å². The van der Waals surface area contributed by atoms with Gasteiger partial charge in [-0.15, -0.1) is 0 Å². The van der Waals surface area contributed by atoms with E-state index in [0.717, 1.165) is 18.4 Å².